The summed E-state index contributed by atoms with van der Waals surface area (Å²) in [4.78, 5) is 11.1. The Kier molecular flexibility index (Phi) is 4.54. The number of ether oxygens (including phenoxy) is 1. The molecule has 3 aromatic rings. The predicted octanol–water partition coefficient (Wildman–Crippen LogP) is 3.61. The van der Waals surface area contributed by atoms with Crippen LogP contribution in [0, 0.1) is 20.8 Å². The molecule has 3 rings (SSSR count). The fourth-order valence-corrected chi connectivity index (χ4v) is 2.42. The van der Waals surface area contributed by atoms with Crippen LogP contribution >= 0.6 is 8.46 Å². The molecule has 108 valence electrons. The highest BCUT2D eigenvalue weighted by molar-refractivity contribution is 7.34. The minimum Gasteiger partial charge on any atom is -0.497 e. The molecule has 0 spiro atoms. The van der Waals surface area contributed by atoms with E-state index in [0.29, 0.717) is 0 Å². The molecule has 0 heterocycles. The van der Waals surface area contributed by atoms with E-state index in [1.54, 1.807) is 31.4 Å². The lowest BCUT2D eigenvalue weighted by molar-refractivity contribution is 0.415. The van der Waals surface area contributed by atoms with Crippen molar-refractivity contribution in [3.05, 3.63) is 57.2 Å². The van der Waals surface area contributed by atoms with Crippen LogP contribution in [0.2, 0.25) is 0 Å². The van der Waals surface area contributed by atoms with Gasteiger partial charge in [0.2, 0.25) is 0 Å². The van der Waals surface area contributed by atoms with Crippen molar-refractivity contribution in [3.8, 4) is 5.75 Å². The smallest absolute Gasteiger partial charge is 0.194 e. The number of benzene rings is 2. The van der Waals surface area contributed by atoms with E-state index in [1.807, 2.05) is 19.9 Å². The van der Waals surface area contributed by atoms with Crippen molar-refractivity contribution < 1.29 is 9.30 Å². The SMILES string of the molecule is COc1ccc(P=O)cc1.Cc1cc2c(=O)c2c(C)c1C. The van der Waals surface area contributed by atoms with Gasteiger partial charge in [0, 0.05) is 16.1 Å². The van der Waals surface area contributed by atoms with Crippen LogP contribution < -0.4 is 15.5 Å². The van der Waals surface area contributed by atoms with Gasteiger partial charge in [-0.3, -0.25) is 9.36 Å². The average molecular weight is 300 g/mol. The molecule has 3 nitrogen and oxygen atoms in total. The van der Waals surface area contributed by atoms with Crippen molar-refractivity contribution in [1.29, 1.82) is 0 Å². The van der Waals surface area contributed by atoms with Gasteiger partial charge in [-0.05, 0) is 67.8 Å². The Hall–Kier alpha value is -1.99. The number of methoxy groups -OCH3 is 1. The summed E-state index contributed by atoms with van der Waals surface area (Å²) in [6.45, 7) is 6.14. The van der Waals surface area contributed by atoms with Crippen LogP contribution in [0.4, 0.5) is 0 Å². The van der Waals surface area contributed by atoms with E-state index >= 15 is 0 Å². The summed E-state index contributed by atoms with van der Waals surface area (Å²) in [6, 6.07) is 9.06. The Labute approximate surface area is 125 Å². The van der Waals surface area contributed by atoms with Crippen molar-refractivity contribution in [3.63, 3.8) is 0 Å². The maximum absolute atomic E-state index is 11.1. The van der Waals surface area contributed by atoms with Gasteiger partial charge in [0.15, 0.2) is 13.9 Å². The number of hydrogen-bond acceptors (Lipinski definition) is 3. The first kappa shape index (κ1) is 15.4. The molecular formula is C17H17O3P. The third-order valence-electron chi connectivity index (χ3n) is 3.75. The normalized spacial score (nSPS) is 10.7. The second-order valence-corrected chi connectivity index (χ2v) is 5.68. The van der Waals surface area contributed by atoms with Gasteiger partial charge in [-0.15, -0.1) is 0 Å². The third kappa shape index (κ3) is 3.20. The van der Waals surface area contributed by atoms with Crippen molar-refractivity contribution in [2.24, 2.45) is 0 Å². The number of rotatable bonds is 2. The summed E-state index contributed by atoms with van der Waals surface area (Å²) >= 11 is 0. The van der Waals surface area contributed by atoms with Crippen molar-refractivity contribution in [1.82, 2.24) is 0 Å². The molecule has 0 N–H and O–H groups in total. The first-order valence-electron chi connectivity index (χ1n) is 6.62. The van der Waals surface area contributed by atoms with Crippen LogP contribution in [0.25, 0.3) is 10.8 Å². The number of aryl methyl sites for hydroxylation is 2. The van der Waals surface area contributed by atoms with Crippen LogP contribution in [0.1, 0.15) is 16.7 Å². The molecule has 0 saturated carbocycles. The van der Waals surface area contributed by atoms with Crippen LogP contribution in [0.15, 0.2) is 35.1 Å². The van der Waals surface area contributed by atoms with Gasteiger partial charge >= 0.3 is 0 Å². The minimum absolute atomic E-state index is 0.0523. The van der Waals surface area contributed by atoms with Gasteiger partial charge in [0.05, 0.1) is 7.11 Å². The molecule has 4 heteroatoms. The van der Waals surface area contributed by atoms with Crippen LogP contribution in [0.5, 0.6) is 5.75 Å². The zero-order valence-electron chi connectivity index (χ0n) is 12.6. The van der Waals surface area contributed by atoms with Crippen LogP contribution in [-0.4, -0.2) is 7.11 Å². The average Bonchev–Trinajstić information content (AvgIpc) is 3.15. The molecule has 0 amide bonds. The van der Waals surface area contributed by atoms with Crippen LogP contribution in [0.3, 0.4) is 0 Å². The van der Waals surface area contributed by atoms with E-state index < -0.39 is 0 Å². The molecule has 0 aliphatic heterocycles. The Morgan fingerprint density at radius 1 is 1.00 bits per heavy atom. The van der Waals surface area contributed by atoms with Gasteiger partial charge < -0.3 is 4.74 Å². The summed E-state index contributed by atoms with van der Waals surface area (Å²) in [5.41, 5.74) is 3.91. The van der Waals surface area contributed by atoms with Gasteiger partial charge in [0.1, 0.15) is 5.75 Å². The van der Waals surface area contributed by atoms with Crippen LogP contribution in [-0.2, 0) is 4.57 Å². The first-order chi connectivity index (χ1) is 9.99. The van der Waals surface area contributed by atoms with E-state index in [4.69, 9.17) is 4.74 Å². The van der Waals surface area contributed by atoms with E-state index in [9.17, 15) is 9.36 Å². The molecule has 0 atom stereocenters. The lowest BCUT2D eigenvalue weighted by Gasteiger charge is -1.99. The highest BCUT2D eigenvalue weighted by Crippen LogP contribution is 2.25. The molecule has 0 fully saturated rings. The monoisotopic (exact) mass is 300 g/mol. The Balaban J connectivity index is 0.000000155. The molecule has 0 saturated heterocycles. The van der Waals surface area contributed by atoms with E-state index in [-0.39, 0.29) is 13.9 Å². The highest BCUT2D eigenvalue weighted by atomic mass is 31.1. The van der Waals surface area contributed by atoms with E-state index in [1.165, 1.54) is 16.7 Å². The molecular weight excluding hydrogens is 283 g/mol. The largest absolute Gasteiger partial charge is 0.497 e. The molecule has 0 aliphatic carbocycles. The fraction of sp³-hybridized carbons (Fsp3) is 0.235. The number of hydrogen-bond donors (Lipinski definition) is 0. The Bertz CT molecular complexity index is 794. The maximum atomic E-state index is 11.1. The molecule has 0 bridgehead atoms. The molecule has 21 heavy (non-hydrogen) atoms. The summed E-state index contributed by atoms with van der Waals surface area (Å²) < 4.78 is 15.2. The fourth-order valence-electron chi connectivity index (χ4n) is 2.15. The summed E-state index contributed by atoms with van der Waals surface area (Å²) in [5.74, 6) is 0.785. The zero-order valence-corrected chi connectivity index (χ0v) is 13.5. The van der Waals surface area contributed by atoms with Gasteiger partial charge in [-0.25, -0.2) is 0 Å². The van der Waals surface area contributed by atoms with Crippen molar-refractivity contribution in [2.45, 2.75) is 20.8 Å². The first-order valence-corrected chi connectivity index (χ1v) is 7.43. The van der Waals surface area contributed by atoms with E-state index in [2.05, 4.69) is 6.92 Å². The Morgan fingerprint density at radius 2 is 1.62 bits per heavy atom. The van der Waals surface area contributed by atoms with Gasteiger partial charge in [0.25, 0.3) is 0 Å². The quantitative estimate of drug-likeness (QED) is 0.679. The van der Waals surface area contributed by atoms with Gasteiger partial charge in [-0.2, -0.15) is 0 Å². The lowest BCUT2D eigenvalue weighted by Crippen LogP contribution is -1.89. The molecule has 0 unspecified atom stereocenters. The Morgan fingerprint density at radius 3 is 2.14 bits per heavy atom. The molecule has 3 aromatic carbocycles. The highest BCUT2D eigenvalue weighted by Gasteiger charge is 2.16. The summed E-state index contributed by atoms with van der Waals surface area (Å²) in [5, 5.41) is 2.67. The maximum Gasteiger partial charge on any atom is 0.194 e. The minimum atomic E-state index is 0.0523. The second-order valence-electron chi connectivity index (χ2n) is 4.98. The van der Waals surface area contributed by atoms with E-state index in [0.717, 1.165) is 21.8 Å². The summed E-state index contributed by atoms with van der Waals surface area (Å²) in [7, 11) is 1.65. The molecule has 0 aromatic heterocycles. The van der Waals surface area contributed by atoms with Crippen molar-refractivity contribution >= 4 is 24.5 Å². The number of fused-ring (bicyclic) bond motifs is 1. The standard InChI is InChI=1S/C10H10O.C7H7O2P/c1-5-4-8-9(10(8)11)7(3)6(5)2;1-9-6-2-4-7(10-8)5-3-6/h4H,1-3H3;2-5H,1H3. The van der Waals surface area contributed by atoms with Gasteiger partial charge in [-0.1, -0.05) is 0 Å². The molecule has 0 radical (unpaired) electrons. The zero-order chi connectivity index (χ0) is 15.6. The molecule has 0 aliphatic rings. The summed E-state index contributed by atoms with van der Waals surface area (Å²) in [6.07, 6.45) is 0. The predicted molar refractivity (Wildman–Crippen MR) is 87.0 cm³/mol. The topological polar surface area (TPSA) is 43.4 Å². The lowest BCUT2D eigenvalue weighted by atomic mass is 10.1. The second kappa shape index (κ2) is 6.19. The van der Waals surface area contributed by atoms with Crippen molar-refractivity contribution in [2.75, 3.05) is 7.11 Å². The third-order valence-corrected chi connectivity index (χ3v) is 4.26.